The van der Waals surface area contributed by atoms with Crippen molar-refractivity contribution in [2.75, 3.05) is 13.2 Å². The summed E-state index contributed by atoms with van der Waals surface area (Å²) in [6.45, 7) is 30.5. The summed E-state index contributed by atoms with van der Waals surface area (Å²) in [4.78, 5) is 0. The predicted octanol–water partition coefficient (Wildman–Crippen LogP) is 12.4. The molecule has 0 aliphatic rings. The van der Waals surface area contributed by atoms with E-state index in [1.165, 1.54) is 66.8 Å². The summed E-state index contributed by atoms with van der Waals surface area (Å²) in [6.07, 6.45) is 2.68. The maximum Gasteiger partial charge on any atom is 0.125 e. The highest BCUT2D eigenvalue weighted by molar-refractivity contribution is 5.59. The number of rotatable bonds is 12. The van der Waals surface area contributed by atoms with E-state index in [2.05, 4.69) is 133 Å². The second kappa shape index (κ2) is 16.2. The molecule has 0 saturated heterocycles. The van der Waals surface area contributed by atoms with E-state index in [0.717, 1.165) is 56.4 Å². The molecule has 0 saturated carbocycles. The second-order valence-electron chi connectivity index (χ2n) is 16.2. The standard InChI is InChI=1S/C51H60O5/c1-27-21-42(35(9)33(7)31(27)5)48(46-17-15-19-53-46)44-23-29(3)50(39(13)37(44)11)55-25-41(52)26-56-51-30(4)24-45(38(12)40(51)14)49(47-18-16-20-54-47)43-22-28(2)32(6)34(8)36(43)10/h15-24,41,48-49,52H,25-26H2,1-14H3. The van der Waals surface area contributed by atoms with Crippen molar-refractivity contribution >= 4 is 0 Å². The molecule has 5 nitrogen and oxygen atoms in total. The summed E-state index contributed by atoms with van der Waals surface area (Å²) in [7, 11) is 0. The van der Waals surface area contributed by atoms with Crippen LogP contribution in [0.25, 0.3) is 0 Å². The largest absolute Gasteiger partial charge is 0.490 e. The zero-order valence-electron chi connectivity index (χ0n) is 36.0. The zero-order valence-corrected chi connectivity index (χ0v) is 36.0. The van der Waals surface area contributed by atoms with Crippen LogP contribution in [-0.4, -0.2) is 24.4 Å². The molecule has 2 heterocycles. The van der Waals surface area contributed by atoms with Gasteiger partial charge in [-0.25, -0.2) is 0 Å². The van der Waals surface area contributed by atoms with Crippen molar-refractivity contribution in [3.8, 4) is 11.5 Å². The van der Waals surface area contributed by atoms with E-state index in [0.29, 0.717) is 0 Å². The number of aryl methyl sites for hydroxylation is 4. The summed E-state index contributed by atoms with van der Waals surface area (Å²) < 4.78 is 25.0. The summed E-state index contributed by atoms with van der Waals surface area (Å²) in [5.74, 6) is 3.31. The topological polar surface area (TPSA) is 65.0 Å². The molecule has 0 aliphatic heterocycles. The lowest BCUT2D eigenvalue weighted by atomic mass is 9.80. The molecule has 4 aromatic carbocycles. The highest BCUT2D eigenvalue weighted by Gasteiger charge is 2.29. The number of hydrogen-bond acceptors (Lipinski definition) is 5. The molecular formula is C51H60O5. The third-order valence-electron chi connectivity index (χ3n) is 12.9. The molecule has 1 N–H and O–H groups in total. The van der Waals surface area contributed by atoms with E-state index in [1.807, 2.05) is 12.1 Å². The van der Waals surface area contributed by atoms with Crippen molar-refractivity contribution in [2.24, 2.45) is 0 Å². The minimum atomic E-state index is -0.832. The lowest BCUT2D eigenvalue weighted by molar-refractivity contribution is 0.0616. The molecule has 5 heteroatoms. The van der Waals surface area contributed by atoms with E-state index in [1.54, 1.807) is 12.5 Å². The van der Waals surface area contributed by atoms with Gasteiger partial charge in [-0.2, -0.15) is 0 Å². The van der Waals surface area contributed by atoms with E-state index < -0.39 is 6.10 Å². The van der Waals surface area contributed by atoms with Gasteiger partial charge < -0.3 is 23.4 Å². The van der Waals surface area contributed by atoms with E-state index in [9.17, 15) is 5.11 Å². The Kier molecular flexibility index (Phi) is 11.8. The second-order valence-corrected chi connectivity index (χ2v) is 16.2. The first-order valence-electron chi connectivity index (χ1n) is 19.9. The Hall–Kier alpha value is -5.00. The molecule has 0 fully saturated rings. The molecule has 2 unspecified atom stereocenters. The van der Waals surface area contributed by atoms with Crippen molar-refractivity contribution in [3.05, 3.63) is 173 Å². The smallest absolute Gasteiger partial charge is 0.125 e. The van der Waals surface area contributed by atoms with Crippen molar-refractivity contribution in [2.45, 2.75) is 115 Å². The van der Waals surface area contributed by atoms with Gasteiger partial charge in [0.25, 0.3) is 0 Å². The molecule has 0 aliphatic carbocycles. The van der Waals surface area contributed by atoms with Crippen LogP contribution in [0.2, 0.25) is 0 Å². The van der Waals surface area contributed by atoms with Gasteiger partial charge in [0, 0.05) is 0 Å². The van der Waals surface area contributed by atoms with Gasteiger partial charge in [0.15, 0.2) is 0 Å². The fourth-order valence-corrected chi connectivity index (χ4v) is 8.58. The van der Waals surface area contributed by atoms with Gasteiger partial charge in [0.2, 0.25) is 0 Å². The third kappa shape index (κ3) is 7.46. The Morgan fingerprint density at radius 1 is 0.429 bits per heavy atom. The fraction of sp³-hybridized carbons (Fsp3) is 0.373. The Morgan fingerprint density at radius 3 is 1.07 bits per heavy atom. The molecule has 56 heavy (non-hydrogen) atoms. The Morgan fingerprint density at radius 2 is 0.750 bits per heavy atom. The Labute approximate surface area is 334 Å². The summed E-state index contributed by atoms with van der Waals surface area (Å²) in [5.41, 5.74) is 21.7. The van der Waals surface area contributed by atoms with E-state index >= 15 is 0 Å². The normalized spacial score (nSPS) is 13.2. The van der Waals surface area contributed by atoms with Crippen LogP contribution in [0, 0.1) is 96.9 Å². The van der Waals surface area contributed by atoms with Crippen LogP contribution in [0.3, 0.4) is 0 Å². The predicted molar refractivity (Wildman–Crippen MR) is 228 cm³/mol. The molecule has 6 aromatic rings. The number of furan rings is 2. The number of aliphatic hydroxyl groups is 1. The molecule has 294 valence electrons. The van der Waals surface area contributed by atoms with Gasteiger partial charge in [-0.15, -0.1) is 0 Å². The molecule has 0 amide bonds. The quantitative estimate of drug-likeness (QED) is 0.135. The van der Waals surface area contributed by atoms with Crippen molar-refractivity contribution in [1.82, 2.24) is 0 Å². The van der Waals surface area contributed by atoms with Gasteiger partial charge in [-0.3, -0.25) is 0 Å². The fourth-order valence-electron chi connectivity index (χ4n) is 8.58. The molecular weight excluding hydrogens is 693 g/mol. The van der Waals surface area contributed by atoms with Crippen molar-refractivity contribution in [1.29, 1.82) is 0 Å². The lowest BCUT2D eigenvalue weighted by Gasteiger charge is -2.26. The van der Waals surface area contributed by atoms with Gasteiger partial charge in [0.1, 0.15) is 42.3 Å². The number of benzene rings is 4. The molecule has 2 aromatic heterocycles. The number of ether oxygens (including phenoxy) is 2. The Balaban J connectivity index is 1.23. The van der Waals surface area contributed by atoms with Crippen LogP contribution in [0.4, 0.5) is 0 Å². The first-order valence-corrected chi connectivity index (χ1v) is 19.9. The highest BCUT2D eigenvalue weighted by atomic mass is 16.5. The summed E-state index contributed by atoms with van der Waals surface area (Å²) >= 11 is 0. The lowest BCUT2D eigenvalue weighted by Crippen LogP contribution is -2.26. The van der Waals surface area contributed by atoms with E-state index in [-0.39, 0.29) is 25.0 Å². The monoisotopic (exact) mass is 752 g/mol. The molecule has 0 spiro atoms. The molecule has 6 rings (SSSR count). The SMILES string of the molecule is Cc1cc(C(c2ccco2)c2cc(C)c(OCC(O)COc3c(C)cc(C(c4ccco4)c4cc(C)c(C)c(C)c4C)c(C)c3C)c(C)c2C)c(C)c(C)c1C. The average molecular weight is 753 g/mol. The summed E-state index contributed by atoms with van der Waals surface area (Å²) in [5, 5.41) is 11.2. The minimum absolute atomic E-state index is 0.0572. The van der Waals surface area contributed by atoms with Gasteiger partial charge >= 0.3 is 0 Å². The first-order chi connectivity index (χ1) is 26.5. The molecule has 2 atom stereocenters. The van der Waals surface area contributed by atoms with Crippen LogP contribution < -0.4 is 9.47 Å². The van der Waals surface area contributed by atoms with Crippen LogP contribution in [-0.2, 0) is 0 Å². The Bertz CT molecular complexity index is 2210. The molecule has 0 radical (unpaired) electrons. The first kappa shape index (κ1) is 40.7. The maximum absolute atomic E-state index is 11.2. The van der Waals surface area contributed by atoms with E-state index in [4.69, 9.17) is 18.3 Å². The van der Waals surface area contributed by atoms with Crippen LogP contribution in [0.5, 0.6) is 11.5 Å². The van der Waals surface area contributed by atoms with Gasteiger partial charge in [-0.05, 0) is 221 Å². The van der Waals surface area contributed by atoms with Crippen molar-refractivity contribution < 1.29 is 23.4 Å². The van der Waals surface area contributed by atoms with Crippen molar-refractivity contribution in [3.63, 3.8) is 0 Å². The zero-order chi connectivity index (χ0) is 40.7. The number of aliphatic hydroxyl groups excluding tert-OH is 1. The van der Waals surface area contributed by atoms with Gasteiger partial charge in [-0.1, -0.05) is 24.3 Å². The minimum Gasteiger partial charge on any atom is -0.490 e. The maximum atomic E-state index is 11.2. The highest BCUT2D eigenvalue weighted by Crippen LogP contribution is 2.43. The third-order valence-corrected chi connectivity index (χ3v) is 12.9. The molecule has 0 bridgehead atoms. The average Bonchev–Trinajstić information content (AvgIpc) is 3.91. The van der Waals surface area contributed by atoms with Crippen LogP contribution in [0.1, 0.15) is 123 Å². The van der Waals surface area contributed by atoms with Crippen LogP contribution in [0.15, 0.2) is 69.9 Å². The summed E-state index contributed by atoms with van der Waals surface area (Å²) in [6, 6.07) is 17.2. The number of hydrogen-bond donors (Lipinski definition) is 1. The van der Waals surface area contributed by atoms with Crippen LogP contribution >= 0.6 is 0 Å². The van der Waals surface area contributed by atoms with Gasteiger partial charge in [0.05, 0.1) is 24.4 Å².